The first kappa shape index (κ1) is 23.2. The van der Waals surface area contributed by atoms with Gasteiger partial charge in [-0.1, -0.05) is 78.1 Å². The van der Waals surface area contributed by atoms with Gasteiger partial charge in [-0.15, -0.1) is 0 Å². The Hall–Kier alpha value is -0.870. The molecular weight excluding hydrogens is 324 g/mol. The molecule has 0 saturated carbocycles. The number of rotatable bonds is 19. The van der Waals surface area contributed by atoms with Gasteiger partial charge < -0.3 is 14.0 Å². The maximum Gasteiger partial charge on any atom is 0.0987 e. The summed E-state index contributed by atoms with van der Waals surface area (Å²) in [6.45, 7) is 7.64. The molecule has 0 aliphatic heterocycles. The lowest BCUT2D eigenvalue weighted by atomic mass is 10.1. The Morgan fingerprint density at radius 3 is 2.08 bits per heavy atom. The number of hydrogen-bond donors (Lipinski definition) is 0. The molecule has 0 aliphatic rings. The highest BCUT2D eigenvalue weighted by Gasteiger charge is 2.10. The summed E-state index contributed by atoms with van der Waals surface area (Å²) in [5.74, 6) is 0. The van der Waals surface area contributed by atoms with E-state index in [1.165, 1.54) is 64.2 Å². The fraction of sp³-hybridized carbons (Fsp3) is 0.864. The first-order valence-corrected chi connectivity index (χ1v) is 11.0. The van der Waals surface area contributed by atoms with Crippen LogP contribution in [0.4, 0.5) is 0 Å². The second kappa shape index (κ2) is 17.5. The molecule has 0 bridgehead atoms. The third-order valence-corrected chi connectivity index (χ3v) is 4.77. The minimum absolute atomic E-state index is 0.125. The van der Waals surface area contributed by atoms with Gasteiger partial charge in [0.25, 0.3) is 0 Å². The third-order valence-electron chi connectivity index (χ3n) is 4.77. The second-order valence-corrected chi connectivity index (χ2v) is 7.36. The largest absolute Gasteiger partial charge is 0.379 e. The van der Waals surface area contributed by atoms with Crippen molar-refractivity contribution in [2.75, 3.05) is 19.8 Å². The molecular formula is C22H42N2O2. The Labute approximate surface area is 161 Å². The van der Waals surface area contributed by atoms with Crippen LogP contribution in [0.15, 0.2) is 18.7 Å². The van der Waals surface area contributed by atoms with E-state index in [1.807, 2.05) is 18.7 Å². The van der Waals surface area contributed by atoms with Crippen molar-refractivity contribution in [3.63, 3.8) is 0 Å². The lowest BCUT2D eigenvalue weighted by Crippen LogP contribution is -2.26. The normalized spacial score (nSPS) is 12.5. The van der Waals surface area contributed by atoms with Gasteiger partial charge in [-0.3, -0.25) is 0 Å². The number of hydrogen-bond acceptors (Lipinski definition) is 3. The summed E-state index contributed by atoms with van der Waals surface area (Å²) in [5, 5.41) is 0. The van der Waals surface area contributed by atoms with Crippen molar-refractivity contribution in [2.24, 2.45) is 0 Å². The van der Waals surface area contributed by atoms with Crippen LogP contribution in [0.2, 0.25) is 0 Å². The highest BCUT2D eigenvalue weighted by Crippen LogP contribution is 2.11. The van der Waals surface area contributed by atoms with Crippen molar-refractivity contribution < 1.29 is 9.47 Å². The van der Waals surface area contributed by atoms with Crippen LogP contribution < -0.4 is 0 Å². The Balaban J connectivity index is 2.03. The molecule has 0 saturated heterocycles. The fourth-order valence-corrected chi connectivity index (χ4v) is 3.08. The molecule has 0 N–H and O–H groups in total. The molecule has 1 unspecified atom stereocenters. The van der Waals surface area contributed by atoms with Gasteiger partial charge in [0.05, 0.1) is 25.6 Å². The van der Waals surface area contributed by atoms with Crippen molar-refractivity contribution in [3.05, 3.63) is 18.7 Å². The standard InChI is InChI=1S/C22H42N2O2/c1-3-5-7-8-9-10-11-12-13-14-18-26-22(20-25-17-6-4-2)19-24-16-15-23-21-24/h15-16,21-22H,3-14,17-20H2,1-2H3. The molecule has 0 amide bonds. The summed E-state index contributed by atoms with van der Waals surface area (Å²) in [5.41, 5.74) is 0. The zero-order valence-corrected chi connectivity index (χ0v) is 17.3. The van der Waals surface area contributed by atoms with E-state index in [0.29, 0.717) is 6.61 Å². The van der Waals surface area contributed by atoms with Crippen LogP contribution in [-0.2, 0) is 16.0 Å². The molecule has 0 fully saturated rings. The van der Waals surface area contributed by atoms with E-state index in [4.69, 9.17) is 9.47 Å². The molecule has 152 valence electrons. The number of unbranched alkanes of at least 4 members (excludes halogenated alkanes) is 10. The van der Waals surface area contributed by atoms with Gasteiger partial charge >= 0.3 is 0 Å². The molecule has 4 heteroatoms. The molecule has 0 radical (unpaired) electrons. The summed E-state index contributed by atoms with van der Waals surface area (Å²) in [4.78, 5) is 4.11. The van der Waals surface area contributed by atoms with E-state index in [9.17, 15) is 0 Å². The molecule has 1 heterocycles. The number of nitrogens with zero attached hydrogens (tertiary/aromatic N) is 2. The molecule has 4 nitrogen and oxygen atoms in total. The van der Waals surface area contributed by atoms with Crippen LogP contribution in [0.3, 0.4) is 0 Å². The highest BCUT2D eigenvalue weighted by atomic mass is 16.5. The van der Waals surface area contributed by atoms with Gasteiger partial charge in [0.15, 0.2) is 0 Å². The molecule has 0 aromatic carbocycles. The lowest BCUT2D eigenvalue weighted by Gasteiger charge is -2.18. The predicted molar refractivity (Wildman–Crippen MR) is 110 cm³/mol. The molecule has 0 aliphatic carbocycles. The van der Waals surface area contributed by atoms with Gasteiger partial charge in [0.2, 0.25) is 0 Å². The maximum atomic E-state index is 6.09. The van der Waals surface area contributed by atoms with E-state index in [-0.39, 0.29) is 6.10 Å². The van der Waals surface area contributed by atoms with Crippen LogP contribution in [0.25, 0.3) is 0 Å². The summed E-state index contributed by atoms with van der Waals surface area (Å²) >= 11 is 0. The smallest absolute Gasteiger partial charge is 0.0987 e. The van der Waals surface area contributed by atoms with E-state index in [0.717, 1.165) is 32.6 Å². The molecule has 1 aromatic heterocycles. The van der Waals surface area contributed by atoms with E-state index >= 15 is 0 Å². The van der Waals surface area contributed by atoms with Crippen molar-refractivity contribution >= 4 is 0 Å². The average Bonchev–Trinajstić information content (AvgIpc) is 3.16. The zero-order valence-electron chi connectivity index (χ0n) is 17.3. The third kappa shape index (κ3) is 13.3. The van der Waals surface area contributed by atoms with E-state index < -0.39 is 0 Å². The molecule has 26 heavy (non-hydrogen) atoms. The quantitative estimate of drug-likeness (QED) is 0.281. The van der Waals surface area contributed by atoms with Crippen LogP contribution in [0.5, 0.6) is 0 Å². The maximum absolute atomic E-state index is 6.09. The van der Waals surface area contributed by atoms with Gasteiger partial charge in [0, 0.05) is 25.6 Å². The predicted octanol–water partition coefficient (Wildman–Crippen LogP) is 6.01. The molecule has 0 spiro atoms. The van der Waals surface area contributed by atoms with Gasteiger partial charge in [0.1, 0.15) is 0 Å². The fourth-order valence-electron chi connectivity index (χ4n) is 3.08. The Kier molecular flexibility index (Phi) is 15.6. The Morgan fingerprint density at radius 1 is 0.808 bits per heavy atom. The Morgan fingerprint density at radius 2 is 1.46 bits per heavy atom. The van der Waals surface area contributed by atoms with Crippen molar-refractivity contribution in [1.82, 2.24) is 9.55 Å². The van der Waals surface area contributed by atoms with Crippen LogP contribution in [0.1, 0.15) is 90.9 Å². The number of imidazole rings is 1. The minimum Gasteiger partial charge on any atom is -0.379 e. The summed E-state index contributed by atoms with van der Waals surface area (Å²) in [6, 6.07) is 0. The highest BCUT2D eigenvalue weighted by molar-refractivity contribution is 4.76. The molecule has 1 atom stereocenters. The summed E-state index contributed by atoms with van der Waals surface area (Å²) in [7, 11) is 0. The molecule has 1 rings (SSSR count). The molecule has 1 aromatic rings. The van der Waals surface area contributed by atoms with Crippen molar-refractivity contribution in [3.8, 4) is 0 Å². The topological polar surface area (TPSA) is 36.3 Å². The van der Waals surface area contributed by atoms with Gasteiger partial charge in [-0.05, 0) is 12.8 Å². The minimum atomic E-state index is 0.125. The van der Waals surface area contributed by atoms with Gasteiger partial charge in [-0.2, -0.15) is 0 Å². The SMILES string of the molecule is CCCCCCCCCCCCOC(COCCCC)Cn1ccnc1. The van der Waals surface area contributed by atoms with Crippen molar-refractivity contribution in [2.45, 2.75) is 104 Å². The number of ether oxygens (including phenoxy) is 2. The van der Waals surface area contributed by atoms with Crippen LogP contribution in [-0.4, -0.2) is 35.5 Å². The lowest BCUT2D eigenvalue weighted by molar-refractivity contribution is -0.0263. The Bertz CT molecular complexity index is 382. The average molecular weight is 367 g/mol. The van der Waals surface area contributed by atoms with Crippen LogP contribution >= 0.6 is 0 Å². The monoisotopic (exact) mass is 366 g/mol. The first-order chi connectivity index (χ1) is 12.9. The van der Waals surface area contributed by atoms with E-state index in [2.05, 4.69) is 23.4 Å². The van der Waals surface area contributed by atoms with Gasteiger partial charge in [-0.25, -0.2) is 4.98 Å². The first-order valence-electron chi connectivity index (χ1n) is 11.0. The van der Waals surface area contributed by atoms with E-state index in [1.54, 1.807) is 0 Å². The van der Waals surface area contributed by atoms with Crippen LogP contribution in [0, 0.1) is 0 Å². The summed E-state index contributed by atoms with van der Waals surface area (Å²) < 4.78 is 13.9. The van der Waals surface area contributed by atoms with Crippen molar-refractivity contribution in [1.29, 1.82) is 0 Å². The second-order valence-electron chi connectivity index (χ2n) is 7.36. The number of aromatic nitrogens is 2. The zero-order chi connectivity index (χ0) is 18.7. The summed E-state index contributed by atoms with van der Waals surface area (Å²) in [6.07, 6.45) is 21.6.